The molecule has 0 saturated carbocycles. The van der Waals surface area contributed by atoms with Crippen LogP contribution >= 0.6 is 0 Å². The first-order valence-electron chi connectivity index (χ1n) is 7.83. The van der Waals surface area contributed by atoms with Crippen molar-refractivity contribution in [3.8, 4) is 0 Å². The molecular formula is C15H27N5O2. The molecule has 2 N–H and O–H groups in total. The average Bonchev–Trinajstić information content (AvgIpc) is 2.69. The Morgan fingerprint density at radius 3 is 2.68 bits per heavy atom. The summed E-state index contributed by atoms with van der Waals surface area (Å²) in [7, 11) is 0. The molecule has 0 bridgehead atoms. The highest BCUT2D eigenvalue weighted by molar-refractivity contribution is 5.68. The molecule has 22 heavy (non-hydrogen) atoms. The Morgan fingerprint density at radius 2 is 2.05 bits per heavy atom. The largest absolute Gasteiger partial charge is 0.444 e. The van der Waals surface area contributed by atoms with Crippen LogP contribution in [0.5, 0.6) is 0 Å². The Labute approximate surface area is 132 Å². The summed E-state index contributed by atoms with van der Waals surface area (Å²) in [5.74, 6) is 0.548. The van der Waals surface area contributed by atoms with Gasteiger partial charge in [-0.1, -0.05) is 0 Å². The standard InChI is InChI=1S/C15H27N5O2/c1-15(2,3)22-14(21)19-7-4-6-18(9-11-19)10-12-20-8-5-13(16)17-20/h5,8H,4,6-7,9-12H2,1-3H3,(H2,16,17). The van der Waals surface area contributed by atoms with E-state index in [1.165, 1.54) is 0 Å². The lowest BCUT2D eigenvalue weighted by atomic mass is 10.2. The number of carbonyl (C=O) groups is 1. The summed E-state index contributed by atoms with van der Waals surface area (Å²) in [5.41, 5.74) is 5.17. The number of aromatic nitrogens is 2. The van der Waals surface area contributed by atoms with Gasteiger partial charge in [-0.05, 0) is 39.8 Å². The fourth-order valence-corrected chi connectivity index (χ4v) is 2.45. The lowest BCUT2D eigenvalue weighted by molar-refractivity contribution is 0.0257. The van der Waals surface area contributed by atoms with E-state index in [1.807, 2.05) is 31.6 Å². The Morgan fingerprint density at radius 1 is 1.27 bits per heavy atom. The molecule has 0 radical (unpaired) electrons. The third kappa shape index (κ3) is 5.22. The minimum Gasteiger partial charge on any atom is -0.444 e. The van der Waals surface area contributed by atoms with Crippen molar-refractivity contribution in [2.75, 3.05) is 38.5 Å². The molecule has 1 aromatic heterocycles. The van der Waals surface area contributed by atoms with Gasteiger partial charge in [-0.2, -0.15) is 5.10 Å². The predicted octanol–water partition coefficient (Wildman–Crippen LogP) is 1.41. The van der Waals surface area contributed by atoms with Gasteiger partial charge in [-0.25, -0.2) is 4.79 Å². The maximum absolute atomic E-state index is 12.1. The van der Waals surface area contributed by atoms with Gasteiger partial charge in [0.15, 0.2) is 0 Å². The smallest absolute Gasteiger partial charge is 0.410 e. The van der Waals surface area contributed by atoms with E-state index in [0.29, 0.717) is 12.4 Å². The number of rotatable bonds is 3. The number of amides is 1. The summed E-state index contributed by atoms with van der Waals surface area (Å²) in [6.07, 6.45) is 2.63. The van der Waals surface area contributed by atoms with Gasteiger partial charge in [0.25, 0.3) is 0 Å². The Kier molecular flexibility index (Phi) is 5.28. The quantitative estimate of drug-likeness (QED) is 0.913. The molecule has 0 unspecified atom stereocenters. The monoisotopic (exact) mass is 309 g/mol. The van der Waals surface area contributed by atoms with Crippen LogP contribution in [-0.4, -0.2) is 64.0 Å². The van der Waals surface area contributed by atoms with E-state index in [-0.39, 0.29) is 6.09 Å². The molecule has 2 heterocycles. The first-order valence-corrected chi connectivity index (χ1v) is 7.83. The minimum atomic E-state index is -0.441. The topological polar surface area (TPSA) is 76.6 Å². The molecule has 1 amide bonds. The number of ether oxygens (including phenoxy) is 1. The Bertz CT molecular complexity index is 494. The van der Waals surface area contributed by atoms with Crippen molar-refractivity contribution in [3.05, 3.63) is 12.3 Å². The maximum atomic E-state index is 12.1. The van der Waals surface area contributed by atoms with Crippen molar-refractivity contribution in [3.63, 3.8) is 0 Å². The van der Waals surface area contributed by atoms with Crippen molar-refractivity contribution in [1.82, 2.24) is 19.6 Å². The van der Waals surface area contributed by atoms with Gasteiger partial charge in [0, 0.05) is 32.4 Å². The fourth-order valence-electron chi connectivity index (χ4n) is 2.45. The molecule has 7 heteroatoms. The zero-order valence-electron chi connectivity index (χ0n) is 13.8. The van der Waals surface area contributed by atoms with Crippen molar-refractivity contribution in [2.24, 2.45) is 0 Å². The Balaban J connectivity index is 1.78. The SMILES string of the molecule is CC(C)(C)OC(=O)N1CCCN(CCn2ccc(N)n2)CC1. The molecule has 0 atom stereocenters. The summed E-state index contributed by atoms with van der Waals surface area (Å²) in [6, 6.07) is 1.80. The van der Waals surface area contributed by atoms with Gasteiger partial charge in [-0.15, -0.1) is 0 Å². The number of nitrogens with zero attached hydrogens (tertiary/aromatic N) is 4. The molecule has 1 aliphatic heterocycles. The highest BCUT2D eigenvalue weighted by Gasteiger charge is 2.24. The average molecular weight is 309 g/mol. The molecule has 1 aliphatic rings. The lowest BCUT2D eigenvalue weighted by Crippen LogP contribution is -2.39. The zero-order valence-corrected chi connectivity index (χ0v) is 13.8. The van der Waals surface area contributed by atoms with Gasteiger partial charge >= 0.3 is 6.09 Å². The number of carbonyl (C=O) groups excluding carboxylic acids is 1. The van der Waals surface area contributed by atoms with Crippen LogP contribution < -0.4 is 5.73 Å². The van der Waals surface area contributed by atoms with E-state index in [4.69, 9.17) is 10.5 Å². The maximum Gasteiger partial charge on any atom is 0.410 e. The number of nitrogen functional groups attached to an aromatic ring is 1. The van der Waals surface area contributed by atoms with E-state index in [1.54, 1.807) is 11.0 Å². The molecule has 124 valence electrons. The van der Waals surface area contributed by atoms with E-state index in [0.717, 1.165) is 39.1 Å². The van der Waals surface area contributed by atoms with Crippen molar-refractivity contribution in [1.29, 1.82) is 0 Å². The van der Waals surface area contributed by atoms with Gasteiger partial charge in [0.2, 0.25) is 0 Å². The van der Waals surface area contributed by atoms with Crippen molar-refractivity contribution in [2.45, 2.75) is 39.3 Å². The second-order valence-electron chi connectivity index (χ2n) is 6.67. The highest BCUT2D eigenvalue weighted by atomic mass is 16.6. The third-order valence-electron chi connectivity index (χ3n) is 3.55. The summed E-state index contributed by atoms with van der Waals surface area (Å²) >= 11 is 0. The van der Waals surface area contributed by atoms with Crippen LogP contribution in [0.1, 0.15) is 27.2 Å². The second kappa shape index (κ2) is 7.00. The molecular weight excluding hydrogens is 282 g/mol. The van der Waals surface area contributed by atoms with Crippen LogP contribution in [0.4, 0.5) is 10.6 Å². The first-order chi connectivity index (χ1) is 10.3. The summed E-state index contributed by atoms with van der Waals surface area (Å²) in [5, 5.41) is 4.19. The number of nitrogens with two attached hydrogens (primary N) is 1. The second-order valence-corrected chi connectivity index (χ2v) is 6.67. The van der Waals surface area contributed by atoms with Crippen molar-refractivity contribution >= 4 is 11.9 Å². The normalized spacial score (nSPS) is 17.3. The van der Waals surface area contributed by atoms with E-state index >= 15 is 0 Å². The zero-order chi connectivity index (χ0) is 16.2. The van der Waals surface area contributed by atoms with Crippen molar-refractivity contribution < 1.29 is 9.53 Å². The molecule has 1 aromatic rings. The molecule has 0 aromatic carbocycles. The molecule has 0 spiro atoms. The van der Waals surface area contributed by atoms with Crippen LogP contribution in [0, 0.1) is 0 Å². The van der Waals surface area contributed by atoms with E-state index < -0.39 is 5.60 Å². The van der Waals surface area contributed by atoms with Gasteiger partial charge in [0.05, 0.1) is 6.54 Å². The number of hydrogen-bond donors (Lipinski definition) is 1. The number of anilines is 1. The van der Waals surface area contributed by atoms with Crippen LogP contribution in [0.2, 0.25) is 0 Å². The lowest BCUT2D eigenvalue weighted by Gasteiger charge is -2.26. The molecule has 2 rings (SSSR count). The number of hydrogen-bond acceptors (Lipinski definition) is 5. The summed E-state index contributed by atoms with van der Waals surface area (Å²) < 4.78 is 7.29. The minimum absolute atomic E-state index is 0.214. The summed E-state index contributed by atoms with van der Waals surface area (Å²) in [6.45, 7) is 10.7. The van der Waals surface area contributed by atoms with E-state index in [2.05, 4.69) is 10.00 Å². The Hall–Kier alpha value is -1.76. The first kappa shape index (κ1) is 16.6. The van der Waals surface area contributed by atoms with Gasteiger partial charge < -0.3 is 15.4 Å². The predicted molar refractivity (Wildman–Crippen MR) is 85.5 cm³/mol. The van der Waals surface area contributed by atoms with Gasteiger partial charge in [0.1, 0.15) is 11.4 Å². The van der Waals surface area contributed by atoms with Gasteiger partial charge in [-0.3, -0.25) is 9.58 Å². The fraction of sp³-hybridized carbons (Fsp3) is 0.733. The van der Waals surface area contributed by atoms with Crippen LogP contribution in [0.15, 0.2) is 12.3 Å². The molecule has 1 saturated heterocycles. The third-order valence-corrected chi connectivity index (χ3v) is 3.55. The van der Waals surface area contributed by atoms with Crippen LogP contribution in [-0.2, 0) is 11.3 Å². The highest BCUT2D eigenvalue weighted by Crippen LogP contribution is 2.12. The molecule has 0 aliphatic carbocycles. The van der Waals surface area contributed by atoms with Crippen LogP contribution in [0.3, 0.4) is 0 Å². The van der Waals surface area contributed by atoms with Crippen LogP contribution in [0.25, 0.3) is 0 Å². The molecule has 7 nitrogen and oxygen atoms in total. The molecule has 1 fully saturated rings. The summed E-state index contributed by atoms with van der Waals surface area (Å²) in [4.78, 5) is 16.3. The van der Waals surface area contributed by atoms with E-state index in [9.17, 15) is 4.79 Å².